The van der Waals surface area contributed by atoms with Crippen molar-refractivity contribution in [2.45, 2.75) is 40.2 Å². The van der Waals surface area contributed by atoms with Crippen LogP contribution in [0.5, 0.6) is 0 Å². The van der Waals surface area contributed by atoms with Gasteiger partial charge >= 0.3 is 0 Å². The lowest BCUT2D eigenvalue weighted by atomic mass is 10.1. The minimum absolute atomic E-state index is 0.345. The predicted octanol–water partition coefficient (Wildman–Crippen LogP) is 2.04. The topological polar surface area (TPSA) is 70.1 Å². The Kier molecular flexibility index (Phi) is 5.85. The van der Waals surface area contributed by atoms with Crippen LogP contribution in [-0.2, 0) is 0 Å². The minimum Gasteiger partial charge on any atom is -0.391 e. The molecule has 0 spiro atoms. The quantitative estimate of drug-likeness (QED) is 0.692. The van der Waals surface area contributed by atoms with Gasteiger partial charge in [0.25, 0.3) is 0 Å². The summed E-state index contributed by atoms with van der Waals surface area (Å²) in [6.45, 7) is 9.42. The molecule has 102 valence electrons. The van der Waals surface area contributed by atoms with Crippen LogP contribution in [-0.4, -0.2) is 34.3 Å². The molecule has 5 heteroatoms. The van der Waals surface area contributed by atoms with Crippen LogP contribution >= 0.6 is 0 Å². The van der Waals surface area contributed by atoms with Crippen molar-refractivity contribution >= 4 is 11.6 Å². The number of aryl methyl sites for hydroxylation is 1. The Morgan fingerprint density at radius 2 is 1.83 bits per heavy atom. The fraction of sp³-hybridized carbons (Fsp3) is 0.692. The van der Waals surface area contributed by atoms with Crippen LogP contribution < -0.4 is 10.6 Å². The second kappa shape index (κ2) is 7.16. The summed E-state index contributed by atoms with van der Waals surface area (Å²) in [4.78, 5) is 8.57. The van der Waals surface area contributed by atoms with E-state index < -0.39 is 0 Å². The van der Waals surface area contributed by atoms with Gasteiger partial charge in [-0.3, -0.25) is 0 Å². The Labute approximate surface area is 109 Å². The molecule has 1 atom stereocenters. The van der Waals surface area contributed by atoms with Crippen molar-refractivity contribution in [3.63, 3.8) is 0 Å². The van der Waals surface area contributed by atoms with E-state index in [9.17, 15) is 5.11 Å². The van der Waals surface area contributed by atoms with E-state index in [4.69, 9.17) is 0 Å². The summed E-state index contributed by atoms with van der Waals surface area (Å²) in [7, 11) is 0. The highest BCUT2D eigenvalue weighted by Gasteiger charge is 2.07. The van der Waals surface area contributed by atoms with E-state index in [-0.39, 0.29) is 6.10 Å². The van der Waals surface area contributed by atoms with E-state index in [1.165, 1.54) is 0 Å². The second-order valence-corrected chi connectivity index (χ2v) is 4.88. The van der Waals surface area contributed by atoms with E-state index in [1.807, 2.05) is 19.9 Å². The van der Waals surface area contributed by atoms with Crippen LogP contribution in [0.1, 0.15) is 33.0 Å². The maximum Gasteiger partial charge on any atom is 0.131 e. The number of nitrogens with zero attached hydrogens (tertiary/aromatic N) is 2. The van der Waals surface area contributed by atoms with E-state index in [2.05, 4.69) is 34.4 Å². The molecule has 18 heavy (non-hydrogen) atoms. The monoisotopic (exact) mass is 252 g/mol. The van der Waals surface area contributed by atoms with Crippen LogP contribution in [0.15, 0.2) is 6.07 Å². The zero-order chi connectivity index (χ0) is 13.5. The molecule has 0 saturated carbocycles. The van der Waals surface area contributed by atoms with Crippen molar-refractivity contribution in [1.82, 2.24) is 9.97 Å². The average Bonchev–Trinajstić information content (AvgIpc) is 2.25. The van der Waals surface area contributed by atoms with Gasteiger partial charge in [0.05, 0.1) is 6.10 Å². The molecule has 0 aliphatic carbocycles. The Bertz CT molecular complexity index is 368. The lowest BCUT2D eigenvalue weighted by Gasteiger charge is -2.15. The lowest BCUT2D eigenvalue weighted by Crippen LogP contribution is -2.22. The first-order valence-corrected chi connectivity index (χ1v) is 6.52. The lowest BCUT2D eigenvalue weighted by molar-refractivity contribution is 0.161. The molecular formula is C13H24N4O. The van der Waals surface area contributed by atoms with E-state index >= 15 is 0 Å². The first kappa shape index (κ1) is 14.7. The van der Waals surface area contributed by atoms with Gasteiger partial charge in [-0.05, 0) is 26.2 Å². The summed E-state index contributed by atoms with van der Waals surface area (Å²) in [5, 5.41) is 16.1. The van der Waals surface area contributed by atoms with Crippen molar-refractivity contribution in [2.24, 2.45) is 5.92 Å². The molecule has 0 amide bonds. The molecule has 1 unspecified atom stereocenters. The number of hydrogen-bond donors (Lipinski definition) is 3. The molecule has 0 aromatic carbocycles. The summed E-state index contributed by atoms with van der Waals surface area (Å²) < 4.78 is 0. The Balaban J connectivity index is 2.56. The Morgan fingerprint density at radius 1 is 1.22 bits per heavy atom. The molecule has 0 aliphatic rings. The molecule has 0 saturated heterocycles. The van der Waals surface area contributed by atoms with E-state index in [0.717, 1.165) is 24.6 Å². The third-order valence-electron chi connectivity index (χ3n) is 2.46. The smallest absolute Gasteiger partial charge is 0.131 e. The highest BCUT2D eigenvalue weighted by molar-refractivity contribution is 5.47. The summed E-state index contributed by atoms with van der Waals surface area (Å²) >= 11 is 0. The van der Waals surface area contributed by atoms with Gasteiger partial charge in [-0.2, -0.15) is 0 Å². The molecule has 0 radical (unpaired) electrons. The largest absolute Gasteiger partial charge is 0.391 e. The van der Waals surface area contributed by atoms with Crippen LogP contribution in [0.4, 0.5) is 11.6 Å². The number of aliphatic hydroxyl groups is 1. The third-order valence-corrected chi connectivity index (χ3v) is 2.46. The van der Waals surface area contributed by atoms with Crippen LogP contribution in [0.2, 0.25) is 0 Å². The number of nitrogens with one attached hydrogen (secondary N) is 2. The van der Waals surface area contributed by atoms with Gasteiger partial charge in [0.1, 0.15) is 17.5 Å². The molecule has 1 aromatic heterocycles. The molecule has 1 heterocycles. The molecule has 3 N–H and O–H groups in total. The van der Waals surface area contributed by atoms with E-state index in [0.29, 0.717) is 18.3 Å². The summed E-state index contributed by atoms with van der Waals surface area (Å²) in [6.07, 6.45) is 0.444. The number of aromatic nitrogens is 2. The maximum atomic E-state index is 9.80. The van der Waals surface area contributed by atoms with Crippen LogP contribution in [0.3, 0.4) is 0 Å². The number of aliphatic hydroxyl groups excluding tert-OH is 1. The van der Waals surface area contributed by atoms with Gasteiger partial charge in [0.15, 0.2) is 0 Å². The minimum atomic E-state index is -0.345. The third kappa shape index (κ3) is 5.31. The zero-order valence-corrected chi connectivity index (χ0v) is 11.7. The molecular weight excluding hydrogens is 228 g/mol. The second-order valence-electron chi connectivity index (χ2n) is 4.88. The van der Waals surface area contributed by atoms with Crippen molar-refractivity contribution in [3.05, 3.63) is 11.9 Å². The average molecular weight is 252 g/mol. The maximum absolute atomic E-state index is 9.80. The van der Waals surface area contributed by atoms with Crippen molar-refractivity contribution in [2.75, 3.05) is 23.7 Å². The van der Waals surface area contributed by atoms with Gasteiger partial charge in [0.2, 0.25) is 0 Å². The highest BCUT2D eigenvalue weighted by Crippen LogP contribution is 2.12. The molecule has 0 bridgehead atoms. The van der Waals surface area contributed by atoms with Crippen molar-refractivity contribution in [3.8, 4) is 0 Å². The standard InChI is InChI=1S/C13H24N4O/c1-5-14-12-7-13(17-10(4)16-12)15-8-11(18)6-9(2)3/h7,9,11,18H,5-6,8H2,1-4H3,(H2,14,15,16,17). The van der Waals surface area contributed by atoms with Gasteiger partial charge in [-0.1, -0.05) is 13.8 Å². The van der Waals surface area contributed by atoms with Crippen molar-refractivity contribution < 1.29 is 5.11 Å². The molecule has 1 rings (SSSR count). The fourth-order valence-electron chi connectivity index (χ4n) is 1.78. The SMILES string of the molecule is CCNc1cc(NCC(O)CC(C)C)nc(C)n1. The molecule has 1 aromatic rings. The van der Waals surface area contributed by atoms with Crippen LogP contribution in [0.25, 0.3) is 0 Å². The predicted molar refractivity (Wildman–Crippen MR) is 74.9 cm³/mol. The Hall–Kier alpha value is -1.36. The van der Waals surface area contributed by atoms with Crippen molar-refractivity contribution in [1.29, 1.82) is 0 Å². The van der Waals surface area contributed by atoms with Gasteiger partial charge < -0.3 is 15.7 Å². The summed E-state index contributed by atoms with van der Waals surface area (Å²) in [6, 6.07) is 1.86. The molecule has 0 aliphatic heterocycles. The normalized spacial score (nSPS) is 12.6. The van der Waals surface area contributed by atoms with Gasteiger partial charge in [-0.25, -0.2) is 9.97 Å². The molecule has 0 fully saturated rings. The van der Waals surface area contributed by atoms with E-state index in [1.54, 1.807) is 0 Å². The summed E-state index contributed by atoms with van der Waals surface area (Å²) in [5.41, 5.74) is 0. The van der Waals surface area contributed by atoms with Gasteiger partial charge in [0, 0.05) is 19.2 Å². The molecule has 5 nitrogen and oxygen atoms in total. The van der Waals surface area contributed by atoms with Gasteiger partial charge in [-0.15, -0.1) is 0 Å². The number of rotatable bonds is 7. The van der Waals surface area contributed by atoms with Crippen LogP contribution in [0, 0.1) is 12.8 Å². The zero-order valence-electron chi connectivity index (χ0n) is 11.7. The first-order valence-electron chi connectivity index (χ1n) is 6.52. The Morgan fingerprint density at radius 3 is 2.39 bits per heavy atom. The first-order chi connectivity index (χ1) is 8.51. The summed E-state index contributed by atoms with van der Waals surface area (Å²) in [5.74, 6) is 2.77. The highest BCUT2D eigenvalue weighted by atomic mass is 16.3. The number of anilines is 2. The number of hydrogen-bond acceptors (Lipinski definition) is 5. The fourth-order valence-corrected chi connectivity index (χ4v) is 1.78.